The maximum atomic E-state index is 12.7. The van der Waals surface area contributed by atoms with Gasteiger partial charge in [0.15, 0.2) is 5.96 Å². The lowest BCUT2D eigenvalue weighted by Gasteiger charge is -2.26. The summed E-state index contributed by atoms with van der Waals surface area (Å²) in [5.74, 6) is 1.45. The van der Waals surface area contributed by atoms with E-state index in [1.54, 1.807) is 11.3 Å². The first kappa shape index (κ1) is 20.1. The van der Waals surface area contributed by atoms with Crippen LogP contribution in [0.3, 0.4) is 0 Å². The quantitative estimate of drug-likeness (QED) is 0.578. The summed E-state index contributed by atoms with van der Waals surface area (Å²) in [4.78, 5) is 25.2. The predicted molar refractivity (Wildman–Crippen MR) is 111 cm³/mol. The number of thiazole rings is 1. The molecule has 0 radical (unpaired) electrons. The lowest BCUT2D eigenvalue weighted by atomic mass is 9.88. The van der Waals surface area contributed by atoms with Crippen LogP contribution in [0.1, 0.15) is 62.3 Å². The summed E-state index contributed by atoms with van der Waals surface area (Å²) >= 11 is 1.73. The van der Waals surface area contributed by atoms with E-state index < -0.39 is 0 Å². The average Bonchev–Trinajstić information content (AvgIpc) is 3.36. The van der Waals surface area contributed by atoms with Crippen molar-refractivity contribution in [3.63, 3.8) is 0 Å². The summed E-state index contributed by atoms with van der Waals surface area (Å²) in [5, 5.41) is 7.88. The highest BCUT2D eigenvalue weighted by molar-refractivity contribution is 7.11. The third kappa shape index (κ3) is 5.67. The molecule has 1 saturated carbocycles. The van der Waals surface area contributed by atoms with Crippen LogP contribution >= 0.6 is 11.3 Å². The molecule has 6 nitrogen and oxygen atoms in total. The number of likely N-dealkylation sites (tertiary alicyclic amines) is 1. The van der Waals surface area contributed by atoms with Crippen molar-refractivity contribution in [2.24, 2.45) is 10.9 Å². The van der Waals surface area contributed by atoms with Gasteiger partial charge in [0.25, 0.3) is 0 Å². The predicted octanol–water partition coefficient (Wildman–Crippen LogP) is 2.94. The SMILES string of the molecule is CCNC(=NCc1ncc(CC)s1)NC1CCN(C(=O)C2CCCCC2)C1. The van der Waals surface area contributed by atoms with Gasteiger partial charge in [-0.05, 0) is 32.6 Å². The number of rotatable bonds is 6. The molecule has 0 spiro atoms. The van der Waals surface area contributed by atoms with Crippen LogP contribution < -0.4 is 10.6 Å². The Bertz CT molecular complexity index is 638. The highest BCUT2D eigenvalue weighted by Gasteiger charge is 2.31. The van der Waals surface area contributed by atoms with Gasteiger partial charge in [0, 0.05) is 42.7 Å². The van der Waals surface area contributed by atoms with Crippen LogP contribution in [-0.2, 0) is 17.8 Å². The Morgan fingerprint density at radius 1 is 1.30 bits per heavy atom. The number of guanidine groups is 1. The van der Waals surface area contributed by atoms with Crippen molar-refractivity contribution in [1.29, 1.82) is 0 Å². The first-order valence-electron chi connectivity index (χ1n) is 10.5. The summed E-state index contributed by atoms with van der Waals surface area (Å²) in [6, 6.07) is 0.276. The van der Waals surface area contributed by atoms with Gasteiger partial charge in [0.2, 0.25) is 5.91 Å². The molecule has 1 atom stereocenters. The molecule has 1 aliphatic heterocycles. The van der Waals surface area contributed by atoms with Gasteiger partial charge < -0.3 is 15.5 Å². The maximum absolute atomic E-state index is 12.7. The Balaban J connectivity index is 1.52. The summed E-state index contributed by atoms with van der Waals surface area (Å²) in [5.41, 5.74) is 0. The Kier molecular flexibility index (Phi) is 7.50. The molecule has 1 aromatic rings. The first-order valence-corrected chi connectivity index (χ1v) is 11.3. The van der Waals surface area contributed by atoms with Gasteiger partial charge in [-0.25, -0.2) is 9.98 Å². The average molecular weight is 392 g/mol. The fourth-order valence-corrected chi connectivity index (χ4v) is 4.72. The van der Waals surface area contributed by atoms with Crippen molar-refractivity contribution >= 4 is 23.2 Å². The van der Waals surface area contributed by atoms with E-state index in [1.807, 2.05) is 6.20 Å². The summed E-state index contributed by atoms with van der Waals surface area (Å²) < 4.78 is 0. The number of aryl methyl sites for hydroxylation is 1. The molecule has 1 saturated heterocycles. The minimum Gasteiger partial charge on any atom is -0.357 e. The molecule has 1 aliphatic carbocycles. The molecule has 2 aliphatic rings. The second kappa shape index (κ2) is 10.1. The minimum atomic E-state index is 0.261. The summed E-state index contributed by atoms with van der Waals surface area (Å²) in [7, 11) is 0. The van der Waals surface area contributed by atoms with Crippen molar-refractivity contribution in [2.75, 3.05) is 19.6 Å². The van der Waals surface area contributed by atoms with Crippen molar-refractivity contribution in [2.45, 2.75) is 71.4 Å². The Labute approximate surface area is 166 Å². The molecule has 27 heavy (non-hydrogen) atoms. The van der Waals surface area contributed by atoms with Crippen LogP contribution in [-0.4, -0.2) is 47.4 Å². The largest absolute Gasteiger partial charge is 0.357 e. The fraction of sp³-hybridized carbons (Fsp3) is 0.750. The van der Waals surface area contributed by atoms with Crippen molar-refractivity contribution in [3.05, 3.63) is 16.1 Å². The molecule has 3 rings (SSSR count). The lowest BCUT2D eigenvalue weighted by Crippen LogP contribution is -2.45. The van der Waals surface area contributed by atoms with Gasteiger partial charge >= 0.3 is 0 Å². The Hall–Kier alpha value is -1.63. The maximum Gasteiger partial charge on any atom is 0.225 e. The zero-order valence-electron chi connectivity index (χ0n) is 16.7. The second-order valence-corrected chi connectivity index (χ2v) is 8.72. The molecular formula is C20H33N5OS. The van der Waals surface area contributed by atoms with Crippen molar-refractivity contribution < 1.29 is 4.79 Å². The lowest BCUT2D eigenvalue weighted by molar-refractivity contribution is -0.135. The van der Waals surface area contributed by atoms with E-state index in [0.717, 1.165) is 56.3 Å². The molecule has 7 heteroatoms. The number of carbonyl (C=O) groups excluding carboxylic acids is 1. The first-order chi connectivity index (χ1) is 13.2. The van der Waals surface area contributed by atoms with Gasteiger partial charge in [-0.15, -0.1) is 11.3 Å². The highest BCUT2D eigenvalue weighted by Crippen LogP contribution is 2.26. The zero-order chi connectivity index (χ0) is 19.1. The fourth-order valence-electron chi connectivity index (χ4n) is 3.93. The molecule has 2 N–H and O–H groups in total. The second-order valence-electron chi connectivity index (χ2n) is 7.52. The summed E-state index contributed by atoms with van der Waals surface area (Å²) in [6.45, 7) is 7.28. The molecule has 1 unspecified atom stereocenters. The number of hydrogen-bond donors (Lipinski definition) is 2. The Morgan fingerprint density at radius 2 is 2.11 bits per heavy atom. The van der Waals surface area contributed by atoms with Crippen molar-refractivity contribution in [1.82, 2.24) is 20.5 Å². The van der Waals surface area contributed by atoms with E-state index in [-0.39, 0.29) is 12.0 Å². The van der Waals surface area contributed by atoms with E-state index in [2.05, 4.69) is 34.4 Å². The van der Waals surface area contributed by atoms with Gasteiger partial charge in [0.1, 0.15) is 5.01 Å². The highest BCUT2D eigenvalue weighted by atomic mass is 32.1. The number of amides is 1. The summed E-state index contributed by atoms with van der Waals surface area (Å²) in [6.07, 6.45) is 9.80. The molecular weight excluding hydrogens is 358 g/mol. The van der Waals surface area contributed by atoms with Crippen LogP contribution in [0, 0.1) is 5.92 Å². The normalized spacial score (nSPS) is 21.5. The van der Waals surface area contributed by atoms with E-state index >= 15 is 0 Å². The minimum absolute atomic E-state index is 0.261. The molecule has 2 heterocycles. The van der Waals surface area contributed by atoms with Crippen LogP contribution in [0.15, 0.2) is 11.2 Å². The molecule has 1 aromatic heterocycles. The standard InChI is InChI=1S/C20H33N5OS/c1-3-17-12-22-18(27-17)13-23-20(21-4-2)24-16-10-11-25(14-16)19(26)15-8-6-5-7-9-15/h12,15-16H,3-11,13-14H2,1-2H3,(H2,21,23,24). The van der Waals surface area contributed by atoms with Crippen LogP contribution in [0.5, 0.6) is 0 Å². The molecule has 0 aromatic carbocycles. The van der Waals surface area contributed by atoms with Crippen LogP contribution in [0.4, 0.5) is 0 Å². The Morgan fingerprint density at radius 3 is 2.81 bits per heavy atom. The van der Waals surface area contributed by atoms with Gasteiger partial charge in [-0.3, -0.25) is 4.79 Å². The number of nitrogens with zero attached hydrogens (tertiary/aromatic N) is 3. The zero-order valence-corrected chi connectivity index (χ0v) is 17.5. The van der Waals surface area contributed by atoms with Gasteiger partial charge in [0.05, 0.1) is 6.54 Å². The third-order valence-corrected chi connectivity index (χ3v) is 6.59. The molecule has 150 valence electrons. The number of carbonyl (C=O) groups is 1. The van der Waals surface area contributed by atoms with E-state index in [1.165, 1.54) is 24.1 Å². The topological polar surface area (TPSA) is 69.6 Å². The third-order valence-electron chi connectivity index (χ3n) is 5.46. The van der Waals surface area contributed by atoms with E-state index in [9.17, 15) is 4.79 Å². The van der Waals surface area contributed by atoms with E-state index in [4.69, 9.17) is 4.99 Å². The van der Waals surface area contributed by atoms with Gasteiger partial charge in [-0.1, -0.05) is 26.2 Å². The monoisotopic (exact) mass is 391 g/mol. The van der Waals surface area contributed by atoms with Gasteiger partial charge in [-0.2, -0.15) is 0 Å². The number of aliphatic imine (C=N–C) groups is 1. The molecule has 1 amide bonds. The van der Waals surface area contributed by atoms with Crippen LogP contribution in [0.2, 0.25) is 0 Å². The van der Waals surface area contributed by atoms with E-state index in [0.29, 0.717) is 12.5 Å². The number of hydrogen-bond acceptors (Lipinski definition) is 4. The number of nitrogens with one attached hydrogen (secondary N) is 2. The van der Waals surface area contributed by atoms with Crippen molar-refractivity contribution in [3.8, 4) is 0 Å². The molecule has 2 fully saturated rings. The van der Waals surface area contributed by atoms with Crippen LogP contribution in [0.25, 0.3) is 0 Å². The number of aromatic nitrogens is 1. The smallest absolute Gasteiger partial charge is 0.225 e. The molecule has 0 bridgehead atoms.